The Kier molecular flexibility index (Phi) is 4.62. The van der Waals surface area contributed by atoms with Crippen molar-refractivity contribution in [2.45, 2.75) is 31.7 Å². The third-order valence-corrected chi connectivity index (χ3v) is 6.49. The van der Waals surface area contributed by atoms with Crippen molar-refractivity contribution in [1.82, 2.24) is 19.8 Å². The van der Waals surface area contributed by atoms with Crippen LogP contribution in [-0.4, -0.2) is 64.0 Å². The molecule has 4 atom stereocenters. The molecular weight excluding hydrogens is 396 g/mol. The van der Waals surface area contributed by atoms with Crippen molar-refractivity contribution in [3.05, 3.63) is 59.7 Å². The SMILES string of the molecule is COc1cccc(CN2C[C@]34C=C[C@H](O3)C(C(=O)N(C)Cc3ncc(C)[nH]3)C4C2=O)c1. The Morgan fingerprint density at radius 3 is 3.03 bits per heavy atom. The van der Waals surface area contributed by atoms with Crippen molar-refractivity contribution in [3.63, 3.8) is 0 Å². The highest BCUT2D eigenvalue weighted by Gasteiger charge is 2.67. The lowest BCUT2D eigenvalue weighted by Crippen LogP contribution is -2.44. The number of H-pyrrole nitrogens is 1. The molecule has 8 nitrogen and oxygen atoms in total. The van der Waals surface area contributed by atoms with Gasteiger partial charge in [0.2, 0.25) is 11.8 Å². The summed E-state index contributed by atoms with van der Waals surface area (Å²) in [7, 11) is 3.37. The molecule has 4 heterocycles. The molecule has 2 bridgehead atoms. The van der Waals surface area contributed by atoms with E-state index in [1.165, 1.54) is 0 Å². The van der Waals surface area contributed by atoms with E-state index in [1.807, 2.05) is 43.3 Å². The number of aromatic amines is 1. The molecule has 3 aliphatic heterocycles. The van der Waals surface area contributed by atoms with Crippen LogP contribution in [0.25, 0.3) is 0 Å². The molecule has 2 saturated heterocycles. The van der Waals surface area contributed by atoms with Crippen molar-refractivity contribution < 1.29 is 19.1 Å². The van der Waals surface area contributed by atoms with Crippen molar-refractivity contribution in [3.8, 4) is 5.75 Å². The molecule has 8 heteroatoms. The van der Waals surface area contributed by atoms with Crippen LogP contribution in [-0.2, 0) is 27.4 Å². The summed E-state index contributed by atoms with van der Waals surface area (Å²) in [6.45, 7) is 3.19. The van der Waals surface area contributed by atoms with Gasteiger partial charge in [0.25, 0.3) is 0 Å². The van der Waals surface area contributed by atoms with E-state index >= 15 is 0 Å². The molecule has 2 amide bonds. The van der Waals surface area contributed by atoms with Gasteiger partial charge in [-0.15, -0.1) is 0 Å². The molecular formula is C23H26N4O4. The number of hydrogen-bond acceptors (Lipinski definition) is 5. The lowest BCUT2D eigenvalue weighted by molar-refractivity contribution is -0.143. The molecule has 1 spiro atoms. The number of aromatic nitrogens is 2. The monoisotopic (exact) mass is 422 g/mol. The first kappa shape index (κ1) is 19.8. The molecule has 1 aromatic heterocycles. The second-order valence-electron chi connectivity index (χ2n) is 8.65. The van der Waals surface area contributed by atoms with Crippen LogP contribution >= 0.6 is 0 Å². The predicted molar refractivity (Wildman–Crippen MR) is 112 cm³/mol. The lowest BCUT2D eigenvalue weighted by atomic mass is 9.76. The lowest BCUT2D eigenvalue weighted by Gasteiger charge is -2.27. The number of amides is 2. The zero-order chi connectivity index (χ0) is 21.8. The van der Waals surface area contributed by atoms with Gasteiger partial charge < -0.3 is 24.3 Å². The van der Waals surface area contributed by atoms with E-state index in [2.05, 4.69) is 9.97 Å². The second kappa shape index (κ2) is 7.23. The maximum atomic E-state index is 13.4. The summed E-state index contributed by atoms with van der Waals surface area (Å²) in [5.41, 5.74) is 1.21. The van der Waals surface area contributed by atoms with Gasteiger partial charge in [-0.1, -0.05) is 24.3 Å². The summed E-state index contributed by atoms with van der Waals surface area (Å²) < 4.78 is 11.5. The molecule has 0 saturated carbocycles. The largest absolute Gasteiger partial charge is 0.497 e. The first-order valence-electron chi connectivity index (χ1n) is 10.4. The molecule has 0 radical (unpaired) electrons. The minimum absolute atomic E-state index is 0.0322. The molecule has 1 aromatic carbocycles. The topological polar surface area (TPSA) is 87.8 Å². The van der Waals surface area contributed by atoms with E-state index in [4.69, 9.17) is 9.47 Å². The van der Waals surface area contributed by atoms with E-state index < -0.39 is 17.4 Å². The van der Waals surface area contributed by atoms with E-state index in [0.717, 1.165) is 22.8 Å². The van der Waals surface area contributed by atoms with Gasteiger partial charge in [-0.25, -0.2) is 4.98 Å². The van der Waals surface area contributed by atoms with Gasteiger partial charge in [-0.3, -0.25) is 9.59 Å². The van der Waals surface area contributed by atoms with Crippen molar-refractivity contribution in [1.29, 1.82) is 0 Å². The van der Waals surface area contributed by atoms with Crippen molar-refractivity contribution in [2.24, 2.45) is 11.8 Å². The van der Waals surface area contributed by atoms with E-state index in [9.17, 15) is 9.59 Å². The Bertz CT molecular complexity index is 1060. The fourth-order valence-corrected chi connectivity index (χ4v) is 5.09. The number of rotatable bonds is 6. The average Bonchev–Trinajstić information content (AvgIpc) is 3.50. The van der Waals surface area contributed by atoms with Gasteiger partial charge in [0.05, 0.1) is 38.1 Å². The fraction of sp³-hybridized carbons (Fsp3) is 0.435. The maximum absolute atomic E-state index is 13.4. The summed E-state index contributed by atoms with van der Waals surface area (Å²) in [5.74, 6) is 0.333. The summed E-state index contributed by atoms with van der Waals surface area (Å²) in [6, 6.07) is 7.68. The third-order valence-electron chi connectivity index (χ3n) is 6.49. The second-order valence-corrected chi connectivity index (χ2v) is 8.65. The highest BCUT2D eigenvalue weighted by molar-refractivity contribution is 5.93. The minimum atomic E-state index is -0.719. The van der Waals surface area contributed by atoms with Crippen LogP contribution in [0.1, 0.15) is 17.1 Å². The zero-order valence-electron chi connectivity index (χ0n) is 17.9. The number of likely N-dealkylation sites (tertiary alicyclic amines) is 1. The summed E-state index contributed by atoms with van der Waals surface area (Å²) >= 11 is 0. The van der Waals surface area contributed by atoms with Crippen molar-refractivity contribution >= 4 is 11.8 Å². The number of benzene rings is 1. The Morgan fingerprint density at radius 2 is 2.29 bits per heavy atom. The molecule has 162 valence electrons. The molecule has 2 unspecified atom stereocenters. The number of nitrogens with one attached hydrogen (secondary N) is 1. The molecule has 31 heavy (non-hydrogen) atoms. The van der Waals surface area contributed by atoms with Crippen LogP contribution in [0.2, 0.25) is 0 Å². The molecule has 0 aliphatic carbocycles. The number of aryl methyl sites for hydroxylation is 1. The predicted octanol–water partition coefficient (Wildman–Crippen LogP) is 1.67. The normalized spacial score (nSPS) is 28.3. The van der Waals surface area contributed by atoms with Crippen LogP contribution in [0, 0.1) is 18.8 Å². The highest BCUT2D eigenvalue weighted by Crippen LogP contribution is 2.52. The summed E-state index contributed by atoms with van der Waals surface area (Å²) in [5, 5.41) is 0. The van der Waals surface area contributed by atoms with Gasteiger partial charge in [0.15, 0.2) is 0 Å². The number of hydrogen-bond donors (Lipinski definition) is 1. The Hall–Kier alpha value is -3.13. The summed E-state index contributed by atoms with van der Waals surface area (Å²) in [6.07, 6.45) is 5.29. The van der Waals surface area contributed by atoms with Crippen molar-refractivity contribution in [2.75, 3.05) is 20.7 Å². The van der Waals surface area contributed by atoms with Crippen LogP contribution in [0.3, 0.4) is 0 Å². The Labute approximate surface area is 180 Å². The van der Waals surface area contributed by atoms with Gasteiger partial charge in [0.1, 0.15) is 17.2 Å². The third kappa shape index (κ3) is 3.22. The first-order valence-corrected chi connectivity index (χ1v) is 10.4. The van der Waals surface area contributed by atoms with Gasteiger partial charge in [-0.2, -0.15) is 0 Å². The first-order chi connectivity index (χ1) is 14.9. The Morgan fingerprint density at radius 1 is 1.45 bits per heavy atom. The van der Waals surface area contributed by atoms with Crippen LogP contribution in [0.5, 0.6) is 5.75 Å². The fourth-order valence-electron chi connectivity index (χ4n) is 5.09. The number of nitrogens with zero attached hydrogens (tertiary/aromatic N) is 3. The molecule has 5 rings (SSSR count). The maximum Gasteiger partial charge on any atom is 0.230 e. The number of imidazole rings is 1. The molecule has 3 aliphatic rings. The van der Waals surface area contributed by atoms with Gasteiger partial charge in [-0.05, 0) is 24.6 Å². The van der Waals surface area contributed by atoms with E-state index in [0.29, 0.717) is 19.6 Å². The van der Waals surface area contributed by atoms with Crippen LogP contribution in [0.4, 0.5) is 0 Å². The molecule has 1 N–H and O–H groups in total. The van der Waals surface area contributed by atoms with Gasteiger partial charge in [0, 0.05) is 25.5 Å². The van der Waals surface area contributed by atoms with E-state index in [1.54, 1.807) is 30.2 Å². The minimum Gasteiger partial charge on any atom is -0.497 e. The smallest absolute Gasteiger partial charge is 0.230 e. The number of methoxy groups -OCH3 is 1. The highest BCUT2D eigenvalue weighted by atomic mass is 16.5. The average molecular weight is 422 g/mol. The number of ether oxygens (including phenoxy) is 2. The van der Waals surface area contributed by atoms with Gasteiger partial charge >= 0.3 is 0 Å². The number of fused-ring (bicyclic) bond motifs is 1. The number of carbonyl (C=O) groups is 2. The molecule has 2 aromatic rings. The summed E-state index contributed by atoms with van der Waals surface area (Å²) in [4.78, 5) is 37.6. The van der Waals surface area contributed by atoms with Crippen LogP contribution < -0.4 is 4.74 Å². The standard InChI is InChI=1S/C23H26N4O4/c1-14-10-24-18(25-14)12-26(2)21(28)19-17-7-8-23(31-17)13-27(22(29)20(19)23)11-15-5-4-6-16(9-15)30-3/h4-10,17,19-20H,11-13H2,1-3H3,(H,24,25)/t17-,19?,20?,23-/m0/s1. The Balaban J connectivity index is 1.35. The van der Waals surface area contributed by atoms with E-state index in [-0.39, 0.29) is 17.9 Å². The van der Waals surface area contributed by atoms with Crippen LogP contribution in [0.15, 0.2) is 42.6 Å². The number of carbonyl (C=O) groups excluding carboxylic acids is 2. The zero-order valence-corrected chi connectivity index (χ0v) is 17.9. The quantitative estimate of drug-likeness (QED) is 0.716. The molecule has 2 fully saturated rings.